The number of nitrogens with zero attached hydrogens (tertiary/aromatic N) is 1. The first-order valence-corrected chi connectivity index (χ1v) is 6.62. The van der Waals surface area contributed by atoms with Crippen LogP contribution in [-0.2, 0) is 0 Å². The van der Waals surface area contributed by atoms with Gasteiger partial charge in [0.15, 0.2) is 5.95 Å². The average Bonchev–Trinajstić information content (AvgIpc) is 2.84. The lowest BCUT2D eigenvalue weighted by Gasteiger charge is -2.09. The summed E-state index contributed by atoms with van der Waals surface area (Å²) < 4.78 is 14.2. The van der Waals surface area contributed by atoms with E-state index in [0.717, 1.165) is 38.3 Å². The van der Waals surface area contributed by atoms with E-state index in [1.54, 1.807) is 6.20 Å². The van der Waals surface area contributed by atoms with Crippen molar-refractivity contribution in [2.75, 3.05) is 0 Å². The van der Waals surface area contributed by atoms with Gasteiger partial charge in [0.25, 0.3) is 0 Å². The maximum Gasteiger partial charge on any atom is 0.199 e. The molecule has 0 atom stereocenters. The predicted molar refractivity (Wildman–Crippen MR) is 80.5 cm³/mol. The number of aromatic nitrogens is 2. The number of pyridine rings is 1. The van der Waals surface area contributed by atoms with E-state index in [-0.39, 0.29) is 5.95 Å². The Morgan fingerprint density at radius 2 is 1.75 bits per heavy atom. The van der Waals surface area contributed by atoms with E-state index in [1.165, 1.54) is 0 Å². The molecule has 0 amide bonds. The first-order chi connectivity index (χ1) is 9.68. The number of H-pyrrole nitrogens is 1. The third-order valence-electron chi connectivity index (χ3n) is 4.10. The van der Waals surface area contributed by atoms with Crippen molar-refractivity contribution in [2.45, 2.75) is 13.8 Å². The van der Waals surface area contributed by atoms with Gasteiger partial charge in [0, 0.05) is 22.4 Å². The molecule has 0 saturated carbocycles. The normalized spacial score (nSPS) is 11.8. The predicted octanol–water partition coefficient (Wildman–Crippen LogP) is 4.63. The molecule has 0 saturated heterocycles. The number of hydrogen-bond donors (Lipinski definition) is 1. The third-order valence-corrected chi connectivity index (χ3v) is 4.10. The smallest absolute Gasteiger partial charge is 0.199 e. The van der Waals surface area contributed by atoms with Crippen LogP contribution in [-0.4, -0.2) is 9.97 Å². The number of aromatic amines is 1. The lowest BCUT2D eigenvalue weighted by atomic mass is 9.97. The maximum absolute atomic E-state index is 14.2. The molecule has 3 heteroatoms. The Morgan fingerprint density at radius 3 is 2.60 bits per heavy atom. The number of halogens is 1. The SMILES string of the molecule is Cc1c2cc[nH]c(F)c2c(C)c2c1nc1ccccc12. The van der Waals surface area contributed by atoms with Gasteiger partial charge >= 0.3 is 0 Å². The van der Waals surface area contributed by atoms with Crippen LogP contribution in [0.25, 0.3) is 32.6 Å². The lowest BCUT2D eigenvalue weighted by molar-refractivity contribution is 0.596. The number of aryl methyl sites for hydroxylation is 2. The highest BCUT2D eigenvalue weighted by Gasteiger charge is 2.16. The molecule has 0 aliphatic heterocycles. The van der Waals surface area contributed by atoms with Crippen LogP contribution in [0.2, 0.25) is 0 Å². The monoisotopic (exact) mass is 264 g/mol. The highest BCUT2D eigenvalue weighted by atomic mass is 19.1. The van der Waals surface area contributed by atoms with E-state index < -0.39 is 0 Å². The van der Waals surface area contributed by atoms with E-state index in [0.29, 0.717) is 5.39 Å². The number of para-hydroxylation sites is 1. The Balaban J connectivity index is 2.40. The van der Waals surface area contributed by atoms with Gasteiger partial charge in [-0.25, -0.2) is 4.98 Å². The minimum Gasteiger partial charge on any atom is -0.338 e. The van der Waals surface area contributed by atoms with Crippen LogP contribution in [0, 0.1) is 19.8 Å². The fourth-order valence-electron chi connectivity index (χ4n) is 3.14. The molecule has 4 rings (SSSR count). The summed E-state index contributed by atoms with van der Waals surface area (Å²) in [5.41, 5.74) is 3.92. The molecular formula is C17H13FN2. The van der Waals surface area contributed by atoms with Crippen LogP contribution < -0.4 is 0 Å². The first-order valence-electron chi connectivity index (χ1n) is 6.62. The van der Waals surface area contributed by atoms with E-state index >= 15 is 0 Å². The lowest BCUT2D eigenvalue weighted by Crippen LogP contribution is -1.92. The molecule has 20 heavy (non-hydrogen) atoms. The Bertz CT molecular complexity index is 983. The summed E-state index contributed by atoms with van der Waals surface area (Å²) in [6.45, 7) is 3.98. The van der Waals surface area contributed by atoms with Crippen molar-refractivity contribution in [3.8, 4) is 0 Å². The molecule has 4 aromatic rings. The van der Waals surface area contributed by atoms with Crippen LogP contribution in [0.3, 0.4) is 0 Å². The highest BCUT2D eigenvalue weighted by Crippen LogP contribution is 2.36. The van der Waals surface area contributed by atoms with Crippen LogP contribution in [0.1, 0.15) is 11.1 Å². The Morgan fingerprint density at radius 1 is 0.950 bits per heavy atom. The molecule has 1 N–H and O–H groups in total. The number of benzene rings is 2. The zero-order valence-electron chi connectivity index (χ0n) is 11.3. The fraction of sp³-hybridized carbons (Fsp3) is 0.118. The van der Waals surface area contributed by atoms with Gasteiger partial charge in [0.2, 0.25) is 0 Å². The van der Waals surface area contributed by atoms with Crippen LogP contribution >= 0.6 is 0 Å². The fourth-order valence-corrected chi connectivity index (χ4v) is 3.14. The molecule has 2 aromatic carbocycles. The van der Waals surface area contributed by atoms with Gasteiger partial charge in [0.05, 0.1) is 11.0 Å². The molecule has 2 nitrogen and oxygen atoms in total. The van der Waals surface area contributed by atoms with E-state index in [2.05, 4.69) is 4.98 Å². The molecule has 0 aliphatic carbocycles. The quantitative estimate of drug-likeness (QED) is 0.461. The second kappa shape index (κ2) is 3.79. The van der Waals surface area contributed by atoms with Crippen molar-refractivity contribution < 1.29 is 4.39 Å². The zero-order chi connectivity index (χ0) is 13.9. The summed E-state index contributed by atoms with van der Waals surface area (Å²) in [5, 5.41) is 3.74. The van der Waals surface area contributed by atoms with E-state index in [9.17, 15) is 4.39 Å². The summed E-state index contributed by atoms with van der Waals surface area (Å²) in [4.78, 5) is 7.38. The van der Waals surface area contributed by atoms with Crippen LogP contribution in [0.4, 0.5) is 4.39 Å². The van der Waals surface area contributed by atoms with E-state index in [1.807, 2.05) is 44.2 Å². The first kappa shape index (κ1) is 11.4. The molecule has 2 heterocycles. The van der Waals surface area contributed by atoms with Crippen molar-refractivity contribution in [1.29, 1.82) is 0 Å². The Labute approximate surface area is 115 Å². The molecule has 0 bridgehead atoms. The second-order valence-corrected chi connectivity index (χ2v) is 5.18. The third kappa shape index (κ3) is 1.29. The van der Waals surface area contributed by atoms with Gasteiger partial charge in [0.1, 0.15) is 0 Å². The molecule has 0 radical (unpaired) electrons. The number of hydrogen-bond acceptors (Lipinski definition) is 1. The molecule has 98 valence electrons. The van der Waals surface area contributed by atoms with Gasteiger partial charge in [-0.3, -0.25) is 0 Å². The second-order valence-electron chi connectivity index (χ2n) is 5.18. The number of fused-ring (bicyclic) bond motifs is 4. The van der Waals surface area contributed by atoms with Gasteiger partial charge < -0.3 is 4.98 Å². The molecule has 0 spiro atoms. The van der Waals surface area contributed by atoms with Gasteiger partial charge in [-0.15, -0.1) is 0 Å². The molecule has 2 aromatic heterocycles. The minimum atomic E-state index is -0.282. The van der Waals surface area contributed by atoms with Gasteiger partial charge in [-0.2, -0.15) is 4.39 Å². The number of rotatable bonds is 0. The van der Waals surface area contributed by atoms with Crippen molar-refractivity contribution >= 4 is 32.6 Å². The van der Waals surface area contributed by atoms with E-state index in [4.69, 9.17) is 4.98 Å². The summed E-state index contributed by atoms with van der Waals surface area (Å²) in [7, 11) is 0. The van der Waals surface area contributed by atoms with Crippen LogP contribution in [0.15, 0.2) is 36.5 Å². The average molecular weight is 264 g/mol. The molecule has 0 aliphatic rings. The van der Waals surface area contributed by atoms with Gasteiger partial charge in [-0.05, 0) is 42.5 Å². The van der Waals surface area contributed by atoms with Crippen molar-refractivity contribution in [3.05, 3.63) is 53.6 Å². The standard InChI is InChI=1S/C17H13FN2/c1-9-11-7-8-19-17(18)15(11)10(2)14-12-5-3-4-6-13(12)20-16(9)14/h3-8,19H,1-2H3. The summed E-state index contributed by atoms with van der Waals surface area (Å²) in [6, 6.07) is 9.94. The number of nitrogens with one attached hydrogen (secondary N) is 1. The summed E-state index contributed by atoms with van der Waals surface area (Å²) in [5.74, 6) is -0.282. The molecular weight excluding hydrogens is 251 g/mol. The minimum absolute atomic E-state index is 0.282. The summed E-state index contributed by atoms with van der Waals surface area (Å²) >= 11 is 0. The summed E-state index contributed by atoms with van der Waals surface area (Å²) in [6.07, 6.45) is 1.64. The van der Waals surface area contributed by atoms with Crippen molar-refractivity contribution in [2.24, 2.45) is 0 Å². The maximum atomic E-state index is 14.2. The topological polar surface area (TPSA) is 28.7 Å². The van der Waals surface area contributed by atoms with Crippen LogP contribution in [0.5, 0.6) is 0 Å². The largest absolute Gasteiger partial charge is 0.338 e. The molecule has 0 unspecified atom stereocenters. The van der Waals surface area contributed by atoms with Crippen molar-refractivity contribution in [1.82, 2.24) is 9.97 Å². The Kier molecular flexibility index (Phi) is 2.16. The van der Waals surface area contributed by atoms with Crippen molar-refractivity contribution in [3.63, 3.8) is 0 Å². The Hall–Kier alpha value is -2.42. The van der Waals surface area contributed by atoms with Gasteiger partial charge in [-0.1, -0.05) is 18.2 Å². The highest BCUT2D eigenvalue weighted by molar-refractivity contribution is 6.16. The zero-order valence-corrected chi connectivity index (χ0v) is 11.3. The molecule has 0 fully saturated rings.